The lowest BCUT2D eigenvalue weighted by atomic mass is 9.81. The molecule has 1 heterocycles. The van der Waals surface area contributed by atoms with Crippen LogP contribution >= 0.6 is 11.9 Å². The summed E-state index contributed by atoms with van der Waals surface area (Å²) in [6, 6.07) is 10.6. The van der Waals surface area contributed by atoms with E-state index in [4.69, 9.17) is 4.74 Å². The fraction of sp³-hybridized carbons (Fsp3) is 0.625. The summed E-state index contributed by atoms with van der Waals surface area (Å²) in [7, 11) is 1.83. The lowest BCUT2D eigenvalue weighted by Crippen LogP contribution is -2.58. The molecule has 1 saturated heterocycles. The van der Waals surface area contributed by atoms with Gasteiger partial charge in [0.1, 0.15) is 0 Å². The Balaban J connectivity index is 2.22. The second kappa shape index (κ2) is 5.47. The molecule has 0 radical (unpaired) electrons. The van der Waals surface area contributed by atoms with Gasteiger partial charge in [-0.3, -0.25) is 0 Å². The SMILES string of the molecule is COC1CC(C)(C)N(Sc2ccccc2)C(C)(C)C1. The van der Waals surface area contributed by atoms with E-state index in [1.807, 2.05) is 19.1 Å². The predicted molar refractivity (Wildman–Crippen MR) is 82.3 cm³/mol. The zero-order valence-corrected chi connectivity index (χ0v) is 13.5. The lowest BCUT2D eigenvalue weighted by molar-refractivity contribution is -0.0410. The van der Waals surface area contributed by atoms with Crippen molar-refractivity contribution in [2.45, 2.75) is 62.6 Å². The summed E-state index contributed by atoms with van der Waals surface area (Å²) >= 11 is 1.87. The molecule has 0 N–H and O–H groups in total. The first kappa shape index (κ1) is 14.9. The van der Waals surface area contributed by atoms with Gasteiger partial charge in [-0.15, -0.1) is 0 Å². The molecule has 106 valence electrons. The molecule has 1 aromatic carbocycles. The first-order chi connectivity index (χ1) is 8.85. The van der Waals surface area contributed by atoms with Crippen LogP contribution in [0.25, 0.3) is 0 Å². The second-order valence-corrected chi connectivity index (χ2v) is 7.61. The van der Waals surface area contributed by atoms with Gasteiger partial charge in [0.2, 0.25) is 0 Å². The number of hydrogen-bond donors (Lipinski definition) is 0. The number of piperidine rings is 1. The third-order valence-corrected chi connectivity index (χ3v) is 5.48. The van der Waals surface area contributed by atoms with Crippen molar-refractivity contribution in [1.29, 1.82) is 0 Å². The van der Waals surface area contributed by atoms with Crippen LogP contribution in [0.1, 0.15) is 40.5 Å². The molecule has 0 aromatic heterocycles. The van der Waals surface area contributed by atoms with Crippen LogP contribution in [0.2, 0.25) is 0 Å². The summed E-state index contributed by atoms with van der Waals surface area (Å²) in [6.45, 7) is 9.26. The number of ether oxygens (including phenoxy) is 1. The van der Waals surface area contributed by atoms with Gasteiger partial charge in [0, 0.05) is 23.1 Å². The molecule has 0 saturated carbocycles. The maximum absolute atomic E-state index is 5.62. The van der Waals surface area contributed by atoms with Crippen LogP contribution < -0.4 is 0 Å². The van der Waals surface area contributed by atoms with Crippen molar-refractivity contribution < 1.29 is 4.74 Å². The fourth-order valence-electron chi connectivity index (χ4n) is 3.17. The molecule has 2 rings (SSSR count). The molecule has 1 aliphatic heterocycles. The minimum Gasteiger partial charge on any atom is -0.381 e. The Morgan fingerprint density at radius 2 is 1.58 bits per heavy atom. The molecular formula is C16H25NOS. The van der Waals surface area contributed by atoms with Gasteiger partial charge in [-0.05, 0) is 64.6 Å². The van der Waals surface area contributed by atoms with E-state index in [9.17, 15) is 0 Å². The first-order valence-corrected chi connectivity index (χ1v) is 7.69. The van der Waals surface area contributed by atoms with Crippen LogP contribution in [-0.2, 0) is 4.74 Å². The summed E-state index contributed by atoms with van der Waals surface area (Å²) in [4.78, 5) is 1.31. The molecule has 0 atom stereocenters. The molecule has 0 amide bonds. The van der Waals surface area contributed by atoms with E-state index in [2.05, 4.69) is 62.3 Å². The topological polar surface area (TPSA) is 12.5 Å². The first-order valence-electron chi connectivity index (χ1n) is 6.91. The quantitative estimate of drug-likeness (QED) is 0.763. The predicted octanol–water partition coefficient (Wildman–Crippen LogP) is 4.36. The smallest absolute Gasteiger partial charge is 0.0606 e. The monoisotopic (exact) mass is 279 g/mol. The van der Waals surface area contributed by atoms with Gasteiger partial charge in [-0.25, -0.2) is 4.31 Å². The highest BCUT2D eigenvalue weighted by molar-refractivity contribution is 7.97. The Hall–Kier alpha value is -0.510. The summed E-state index contributed by atoms with van der Waals surface area (Å²) in [6.07, 6.45) is 2.51. The molecule has 19 heavy (non-hydrogen) atoms. The van der Waals surface area contributed by atoms with Crippen LogP contribution in [-0.4, -0.2) is 28.6 Å². The van der Waals surface area contributed by atoms with E-state index >= 15 is 0 Å². The van der Waals surface area contributed by atoms with Crippen LogP contribution in [0.15, 0.2) is 35.2 Å². The van der Waals surface area contributed by atoms with E-state index in [-0.39, 0.29) is 11.1 Å². The van der Waals surface area contributed by atoms with E-state index < -0.39 is 0 Å². The zero-order valence-electron chi connectivity index (χ0n) is 12.6. The fourth-order valence-corrected chi connectivity index (χ4v) is 4.31. The Morgan fingerprint density at radius 3 is 2.05 bits per heavy atom. The van der Waals surface area contributed by atoms with Crippen molar-refractivity contribution in [3.63, 3.8) is 0 Å². The lowest BCUT2D eigenvalue weighted by Gasteiger charge is -2.53. The van der Waals surface area contributed by atoms with Crippen molar-refractivity contribution in [1.82, 2.24) is 4.31 Å². The van der Waals surface area contributed by atoms with Crippen molar-refractivity contribution in [2.24, 2.45) is 0 Å². The Bertz CT molecular complexity index is 398. The van der Waals surface area contributed by atoms with Crippen molar-refractivity contribution in [2.75, 3.05) is 7.11 Å². The molecule has 0 bridgehead atoms. The maximum Gasteiger partial charge on any atom is 0.0606 e. The van der Waals surface area contributed by atoms with Crippen LogP contribution in [0.3, 0.4) is 0 Å². The van der Waals surface area contributed by atoms with Crippen LogP contribution in [0, 0.1) is 0 Å². The van der Waals surface area contributed by atoms with Gasteiger partial charge in [0.05, 0.1) is 6.10 Å². The number of benzene rings is 1. The Morgan fingerprint density at radius 1 is 1.05 bits per heavy atom. The molecule has 0 aliphatic carbocycles. The molecule has 0 unspecified atom stereocenters. The maximum atomic E-state index is 5.62. The molecular weight excluding hydrogens is 254 g/mol. The molecule has 0 spiro atoms. The molecule has 1 aliphatic rings. The number of hydrogen-bond acceptors (Lipinski definition) is 3. The average Bonchev–Trinajstić information content (AvgIpc) is 2.34. The van der Waals surface area contributed by atoms with Gasteiger partial charge in [-0.2, -0.15) is 0 Å². The molecule has 3 heteroatoms. The standard InChI is InChI=1S/C16H25NOS/c1-15(2)11-13(18-5)12-16(3,4)17(15)19-14-9-7-6-8-10-14/h6-10,13H,11-12H2,1-5H3. The van der Waals surface area contributed by atoms with Crippen LogP contribution in [0.4, 0.5) is 0 Å². The van der Waals surface area contributed by atoms with Gasteiger partial charge >= 0.3 is 0 Å². The molecule has 1 aromatic rings. The van der Waals surface area contributed by atoms with Gasteiger partial charge < -0.3 is 4.74 Å². The number of nitrogens with zero attached hydrogens (tertiary/aromatic N) is 1. The second-order valence-electron chi connectivity index (χ2n) is 6.59. The third kappa shape index (κ3) is 3.33. The van der Waals surface area contributed by atoms with Crippen molar-refractivity contribution >= 4 is 11.9 Å². The highest BCUT2D eigenvalue weighted by Gasteiger charge is 2.46. The Kier molecular flexibility index (Phi) is 4.29. The van der Waals surface area contributed by atoms with Gasteiger partial charge in [0.15, 0.2) is 0 Å². The molecule has 2 nitrogen and oxygen atoms in total. The van der Waals surface area contributed by atoms with E-state index in [1.165, 1.54) is 4.90 Å². The zero-order chi connectivity index (χ0) is 14.1. The Labute approximate surface area is 121 Å². The normalized spacial score (nSPS) is 23.4. The minimum atomic E-state index is 0.128. The number of methoxy groups -OCH3 is 1. The summed E-state index contributed by atoms with van der Waals surface area (Å²) in [5, 5.41) is 0. The highest BCUT2D eigenvalue weighted by Crippen LogP contribution is 2.45. The summed E-state index contributed by atoms with van der Waals surface area (Å²) < 4.78 is 8.17. The van der Waals surface area contributed by atoms with E-state index in [0.29, 0.717) is 6.10 Å². The van der Waals surface area contributed by atoms with Crippen molar-refractivity contribution in [3.05, 3.63) is 30.3 Å². The van der Waals surface area contributed by atoms with Crippen molar-refractivity contribution in [3.8, 4) is 0 Å². The third-order valence-electron chi connectivity index (χ3n) is 3.83. The summed E-state index contributed by atoms with van der Waals surface area (Å²) in [5.74, 6) is 0. The average molecular weight is 279 g/mol. The van der Waals surface area contributed by atoms with Gasteiger partial charge in [0.25, 0.3) is 0 Å². The van der Waals surface area contributed by atoms with Crippen LogP contribution in [0.5, 0.6) is 0 Å². The highest BCUT2D eigenvalue weighted by atomic mass is 32.2. The minimum absolute atomic E-state index is 0.128. The van der Waals surface area contributed by atoms with Gasteiger partial charge in [-0.1, -0.05) is 18.2 Å². The summed E-state index contributed by atoms with van der Waals surface area (Å²) in [5.41, 5.74) is 0.256. The largest absolute Gasteiger partial charge is 0.381 e. The molecule has 1 fully saturated rings. The van der Waals surface area contributed by atoms with E-state index in [0.717, 1.165) is 12.8 Å². The number of rotatable bonds is 3. The van der Waals surface area contributed by atoms with E-state index in [1.54, 1.807) is 0 Å².